The van der Waals surface area contributed by atoms with Crippen molar-refractivity contribution in [1.29, 1.82) is 0 Å². The fraction of sp³-hybridized carbons (Fsp3) is 0.867. The number of nitrogens with zero attached hydrogens (tertiary/aromatic N) is 1. The van der Waals surface area contributed by atoms with Crippen LogP contribution in [0.15, 0.2) is 0 Å². The molecule has 2 unspecified atom stereocenters. The van der Waals surface area contributed by atoms with Gasteiger partial charge in [-0.25, -0.2) is 0 Å². The Kier molecular flexibility index (Phi) is 5.99. The molecular weight excluding hydrogens is 256 g/mol. The Labute approximate surface area is 122 Å². The molecule has 1 fully saturated rings. The van der Waals surface area contributed by atoms with Gasteiger partial charge in [0.05, 0.1) is 5.60 Å². The van der Waals surface area contributed by atoms with Crippen molar-refractivity contribution in [1.82, 2.24) is 10.2 Å². The van der Waals surface area contributed by atoms with Gasteiger partial charge in [-0.15, -0.1) is 0 Å². The van der Waals surface area contributed by atoms with Crippen molar-refractivity contribution < 1.29 is 14.3 Å². The van der Waals surface area contributed by atoms with Crippen LogP contribution in [0.25, 0.3) is 0 Å². The van der Waals surface area contributed by atoms with Crippen molar-refractivity contribution in [3.05, 3.63) is 0 Å². The number of hydrogen-bond acceptors (Lipinski definition) is 3. The summed E-state index contributed by atoms with van der Waals surface area (Å²) in [4.78, 5) is 26.4. The molecule has 1 rings (SSSR count). The molecule has 0 bridgehead atoms. The van der Waals surface area contributed by atoms with Gasteiger partial charge in [-0.05, 0) is 33.1 Å². The van der Waals surface area contributed by atoms with Gasteiger partial charge in [0, 0.05) is 13.7 Å². The number of carbonyl (C=O) groups is 2. The smallest absolute Gasteiger partial charge is 0.245 e. The van der Waals surface area contributed by atoms with Crippen molar-refractivity contribution in [2.24, 2.45) is 0 Å². The van der Waals surface area contributed by atoms with E-state index in [1.54, 1.807) is 12.0 Å². The largest absolute Gasteiger partial charge is 0.379 e. The maximum absolute atomic E-state index is 12.5. The summed E-state index contributed by atoms with van der Waals surface area (Å²) in [6, 6.07) is -0.704. The van der Waals surface area contributed by atoms with E-state index in [4.69, 9.17) is 4.74 Å². The first kappa shape index (κ1) is 17.0. The fourth-order valence-electron chi connectivity index (χ4n) is 2.47. The van der Waals surface area contributed by atoms with E-state index < -0.39 is 0 Å². The zero-order chi connectivity index (χ0) is 15.3. The highest BCUT2D eigenvalue weighted by Crippen LogP contribution is 2.20. The van der Waals surface area contributed by atoms with Gasteiger partial charge >= 0.3 is 0 Å². The lowest BCUT2D eigenvalue weighted by atomic mass is 9.99. The van der Waals surface area contributed by atoms with Gasteiger partial charge in [0.25, 0.3) is 0 Å². The monoisotopic (exact) mass is 284 g/mol. The molecule has 2 atom stereocenters. The molecule has 1 saturated heterocycles. The quantitative estimate of drug-likeness (QED) is 0.774. The Morgan fingerprint density at radius 2 is 1.95 bits per heavy atom. The summed E-state index contributed by atoms with van der Waals surface area (Å²) in [5.74, 6) is 0.0194. The van der Waals surface area contributed by atoms with Crippen LogP contribution in [-0.4, -0.2) is 48.1 Å². The number of hydrogen-bond donors (Lipinski definition) is 1. The average molecular weight is 284 g/mol. The average Bonchev–Trinajstić information content (AvgIpc) is 2.41. The molecule has 5 heteroatoms. The summed E-state index contributed by atoms with van der Waals surface area (Å²) >= 11 is 0. The highest BCUT2D eigenvalue weighted by molar-refractivity contribution is 5.96. The molecule has 0 radical (unpaired) electrons. The lowest BCUT2D eigenvalue weighted by Gasteiger charge is -2.40. The standard InChI is InChI=1S/C15H28N2O3/c1-6-8-11-14(19)17(10-9-15(3,4)20-5)12(7-2)13(18)16-11/h11-12H,6-10H2,1-5H3,(H,16,18). The third kappa shape index (κ3) is 3.95. The molecule has 1 aliphatic heterocycles. The SMILES string of the molecule is CCCC1NC(=O)C(CC)N(CCC(C)(C)OC)C1=O. The Hall–Kier alpha value is -1.10. The summed E-state index contributed by atoms with van der Waals surface area (Å²) < 4.78 is 5.40. The first-order valence-electron chi connectivity index (χ1n) is 7.52. The number of nitrogens with one attached hydrogen (secondary N) is 1. The van der Waals surface area contributed by atoms with Crippen LogP contribution in [0.4, 0.5) is 0 Å². The normalized spacial score (nSPS) is 23.9. The van der Waals surface area contributed by atoms with Crippen LogP contribution in [0, 0.1) is 0 Å². The van der Waals surface area contributed by atoms with Crippen molar-refractivity contribution in [2.45, 2.75) is 71.1 Å². The summed E-state index contributed by atoms with van der Waals surface area (Å²) in [7, 11) is 1.67. The first-order valence-corrected chi connectivity index (χ1v) is 7.52. The number of ether oxygens (including phenoxy) is 1. The topological polar surface area (TPSA) is 58.6 Å². The van der Waals surface area contributed by atoms with Gasteiger partial charge < -0.3 is 15.0 Å². The van der Waals surface area contributed by atoms with Crippen molar-refractivity contribution in [3.63, 3.8) is 0 Å². The van der Waals surface area contributed by atoms with E-state index in [-0.39, 0.29) is 29.5 Å². The molecule has 2 amide bonds. The molecule has 0 saturated carbocycles. The molecule has 0 aromatic heterocycles. The summed E-state index contributed by atoms with van der Waals surface area (Å²) in [6.07, 6.45) is 2.94. The Morgan fingerprint density at radius 1 is 1.30 bits per heavy atom. The van der Waals surface area contributed by atoms with Crippen LogP contribution in [0.3, 0.4) is 0 Å². The van der Waals surface area contributed by atoms with Gasteiger partial charge in [0.15, 0.2) is 0 Å². The summed E-state index contributed by atoms with van der Waals surface area (Å²) in [5.41, 5.74) is -0.285. The van der Waals surface area contributed by atoms with Gasteiger partial charge in [0.1, 0.15) is 12.1 Å². The van der Waals surface area contributed by atoms with E-state index in [1.165, 1.54) is 0 Å². The van der Waals surface area contributed by atoms with Gasteiger partial charge in [-0.2, -0.15) is 0 Å². The minimum absolute atomic E-state index is 0.0271. The molecule has 5 nitrogen and oxygen atoms in total. The van der Waals surface area contributed by atoms with Crippen LogP contribution in [0.5, 0.6) is 0 Å². The number of rotatable bonds is 7. The molecule has 0 spiro atoms. The van der Waals surface area contributed by atoms with Crippen LogP contribution in [0.1, 0.15) is 53.4 Å². The molecule has 0 aliphatic carbocycles. The van der Waals surface area contributed by atoms with Crippen LogP contribution in [-0.2, 0) is 14.3 Å². The molecule has 1 heterocycles. The maximum atomic E-state index is 12.5. The number of amides is 2. The van der Waals surface area contributed by atoms with Crippen LogP contribution in [0.2, 0.25) is 0 Å². The second-order valence-corrected chi connectivity index (χ2v) is 6.02. The van der Waals surface area contributed by atoms with Crippen molar-refractivity contribution in [3.8, 4) is 0 Å². The fourth-order valence-corrected chi connectivity index (χ4v) is 2.47. The van der Waals surface area contributed by atoms with E-state index >= 15 is 0 Å². The lowest BCUT2D eigenvalue weighted by Crippen LogP contribution is -2.63. The zero-order valence-corrected chi connectivity index (χ0v) is 13.4. The van der Waals surface area contributed by atoms with Crippen molar-refractivity contribution in [2.75, 3.05) is 13.7 Å². The lowest BCUT2D eigenvalue weighted by molar-refractivity contribution is -0.150. The Morgan fingerprint density at radius 3 is 2.45 bits per heavy atom. The molecule has 1 aliphatic rings. The molecule has 20 heavy (non-hydrogen) atoms. The molecule has 1 N–H and O–H groups in total. The minimum atomic E-state index is -0.360. The zero-order valence-electron chi connectivity index (χ0n) is 13.4. The van der Waals surface area contributed by atoms with Gasteiger partial charge in [-0.3, -0.25) is 9.59 Å². The van der Waals surface area contributed by atoms with Crippen LogP contribution >= 0.6 is 0 Å². The molecule has 116 valence electrons. The second-order valence-electron chi connectivity index (χ2n) is 6.02. The predicted octanol–water partition coefficient (Wildman–Crippen LogP) is 1.71. The van der Waals surface area contributed by atoms with Crippen LogP contribution < -0.4 is 5.32 Å². The molecule has 0 aromatic carbocycles. The number of piperazine rings is 1. The first-order chi connectivity index (χ1) is 9.36. The van der Waals surface area contributed by atoms with Gasteiger partial charge in [-0.1, -0.05) is 20.3 Å². The number of carbonyl (C=O) groups excluding carboxylic acids is 2. The maximum Gasteiger partial charge on any atom is 0.245 e. The number of methoxy groups -OCH3 is 1. The van der Waals surface area contributed by atoms with E-state index in [0.29, 0.717) is 19.4 Å². The Bertz CT molecular complexity index is 355. The third-order valence-electron chi connectivity index (χ3n) is 4.05. The van der Waals surface area contributed by atoms with E-state index in [2.05, 4.69) is 5.32 Å². The van der Waals surface area contributed by atoms with Crippen molar-refractivity contribution >= 4 is 11.8 Å². The van der Waals surface area contributed by atoms with E-state index in [1.807, 2.05) is 27.7 Å². The predicted molar refractivity (Wildman–Crippen MR) is 78.3 cm³/mol. The second kappa shape index (κ2) is 7.07. The molecule has 0 aromatic rings. The summed E-state index contributed by atoms with van der Waals surface area (Å²) in [6.45, 7) is 8.50. The van der Waals surface area contributed by atoms with E-state index in [9.17, 15) is 9.59 Å². The molecular formula is C15H28N2O3. The van der Waals surface area contributed by atoms with Gasteiger partial charge in [0.2, 0.25) is 11.8 Å². The third-order valence-corrected chi connectivity index (χ3v) is 4.05. The summed E-state index contributed by atoms with van der Waals surface area (Å²) in [5, 5.41) is 2.85. The highest BCUT2D eigenvalue weighted by atomic mass is 16.5. The minimum Gasteiger partial charge on any atom is -0.379 e. The Balaban J connectivity index is 2.80. The van der Waals surface area contributed by atoms with E-state index in [0.717, 1.165) is 12.8 Å². The highest BCUT2D eigenvalue weighted by Gasteiger charge is 2.39.